The van der Waals surface area contributed by atoms with Crippen molar-refractivity contribution in [3.8, 4) is 44.8 Å². The van der Waals surface area contributed by atoms with Crippen LogP contribution in [0.3, 0.4) is 0 Å². The first kappa shape index (κ1) is 21.3. The molecule has 2 heteroatoms. The van der Waals surface area contributed by atoms with E-state index in [1.807, 2.05) is 6.07 Å². The number of rotatable bonds is 2. The maximum atomic E-state index is 4.47. The monoisotopic (exact) mass is 464 g/mol. The second-order valence-corrected chi connectivity index (χ2v) is 11.1. The van der Waals surface area contributed by atoms with E-state index in [9.17, 15) is 0 Å². The highest BCUT2D eigenvalue weighted by Gasteiger charge is 2.37. The van der Waals surface area contributed by atoms with Gasteiger partial charge < -0.3 is 0 Å². The van der Waals surface area contributed by atoms with Gasteiger partial charge >= 0.3 is 0 Å². The maximum Gasteiger partial charge on any atom is 0.159 e. The second-order valence-electron chi connectivity index (χ2n) is 11.1. The Morgan fingerprint density at radius 3 is 1.47 bits per heavy atom. The molecule has 0 saturated carbocycles. The molecular formula is C34H28N2. The van der Waals surface area contributed by atoms with Gasteiger partial charge in [0, 0.05) is 28.8 Å². The number of aromatic nitrogens is 2. The van der Waals surface area contributed by atoms with Gasteiger partial charge in [-0.15, -0.1) is 0 Å². The fourth-order valence-electron chi connectivity index (χ4n) is 6.39. The summed E-state index contributed by atoms with van der Waals surface area (Å²) < 4.78 is 0. The van der Waals surface area contributed by atoms with Crippen LogP contribution in [0.15, 0.2) is 97.3 Å². The topological polar surface area (TPSA) is 25.8 Å². The summed E-state index contributed by atoms with van der Waals surface area (Å²) in [5.41, 5.74) is 14.4. The van der Waals surface area contributed by atoms with Crippen molar-refractivity contribution < 1.29 is 0 Å². The lowest BCUT2D eigenvalue weighted by Crippen LogP contribution is -2.15. The smallest absolute Gasteiger partial charge is 0.159 e. The Hall–Kier alpha value is -4.04. The van der Waals surface area contributed by atoms with Gasteiger partial charge in [0.15, 0.2) is 5.82 Å². The van der Waals surface area contributed by atoms with Crippen LogP contribution in [0.1, 0.15) is 49.9 Å². The molecule has 2 aliphatic carbocycles. The summed E-state index contributed by atoms with van der Waals surface area (Å²) in [5.74, 6) is 0.773. The predicted molar refractivity (Wildman–Crippen MR) is 148 cm³/mol. The summed E-state index contributed by atoms with van der Waals surface area (Å²) in [4.78, 5) is 8.94. The summed E-state index contributed by atoms with van der Waals surface area (Å²) in [6.45, 7) is 9.36. The van der Waals surface area contributed by atoms with Crippen molar-refractivity contribution in [1.29, 1.82) is 0 Å². The Bertz CT molecular complexity index is 1680. The first-order chi connectivity index (χ1) is 17.4. The van der Waals surface area contributed by atoms with Crippen LogP contribution in [0.5, 0.6) is 0 Å². The van der Waals surface area contributed by atoms with E-state index in [1.54, 1.807) is 12.4 Å². The Balaban J connectivity index is 1.32. The quantitative estimate of drug-likeness (QED) is 0.262. The number of hydrogen-bond acceptors (Lipinski definition) is 2. The van der Waals surface area contributed by atoms with Crippen molar-refractivity contribution >= 4 is 0 Å². The highest BCUT2D eigenvalue weighted by atomic mass is 14.8. The van der Waals surface area contributed by atoms with Crippen LogP contribution in [0, 0.1) is 0 Å². The first-order valence-corrected chi connectivity index (χ1v) is 12.7. The van der Waals surface area contributed by atoms with Gasteiger partial charge in [0.2, 0.25) is 0 Å². The van der Waals surface area contributed by atoms with E-state index in [4.69, 9.17) is 0 Å². The molecule has 0 bridgehead atoms. The van der Waals surface area contributed by atoms with Crippen LogP contribution in [0.25, 0.3) is 44.8 Å². The van der Waals surface area contributed by atoms with Gasteiger partial charge in [0.25, 0.3) is 0 Å². The Morgan fingerprint density at radius 1 is 0.444 bits per heavy atom. The van der Waals surface area contributed by atoms with Gasteiger partial charge in [-0.3, -0.25) is 0 Å². The number of nitrogens with zero attached hydrogens (tertiary/aromatic N) is 2. The third kappa shape index (κ3) is 2.85. The number of fused-ring (bicyclic) bond motifs is 6. The molecule has 1 heterocycles. The Kier molecular flexibility index (Phi) is 4.27. The molecule has 0 fully saturated rings. The third-order valence-corrected chi connectivity index (χ3v) is 8.42. The minimum Gasteiger partial charge on any atom is -0.237 e. The van der Waals surface area contributed by atoms with E-state index < -0.39 is 0 Å². The predicted octanol–water partition coefficient (Wildman–Crippen LogP) is 8.42. The Labute approximate surface area is 212 Å². The summed E-state index contributed by atoms with van der Waals surface area (Å²) in [6, 6.07) is 31.4. The molecule has 174 valence electrons. The number of hydrogen-bond donors (Lipinski definition) is 0. The lowest BCUT2D eigenvalue weighted by atomic mass is 9.80. The fraction of sp³-hybridized carbons (Fsp3) is 0.176. The molecule has 5 aromatic rings. The maximum absolute atomic E-state index is 4.47. The lowest BCUT2D eigenvalue weighted by Gasteiger charge is -2.23. The standard InChI is InChI=1S/C34H28N2/c1-33(2)28-9-6-5-8-24(28)25-13-10-21(18-29(25)33)22-11-14-26-27-15-12-23(32-35-16-7-17-36-32)20-31(27)34(3,4)30(26)19-22/h5-20H,1-4H3. The molecule has 0 aliphatic heterocycles. The molecule has 0 unspecified atom stereocenters. The normalized spacial score (nSPS) is 15.7. The van der Waals surface area contributed by atoms with E-state index in [2.05, 4.69) is 117 Å². The van der Waals surface area contributed by atoms with Gasteiger partial charge in [0.05, 0.1) is 0 Å². The summed E-state index contributed by atoms with van der Waals surface area (Å²) in [6.07, 6.45) is 3.61. The summed E-state index contributed by atoms with van der Waals surface area (Å²) in [5, 5.41) is 0. The second kappa shape index (κ2) is 7.24. The minimum atomic E-state index is -0.0995. The van der Waals surface area contributed by atoms with Crippen LogP contribution in [-0.4, -0.2) is 9.97 Å². The van der Waals surface area contributed by atoms with E-state index >= 15 is 0 Å². The molecule has 2 nitrogen and oxygen atoms in total. The molecule has 0 N–H and O–H groups in total. The zero-order chi connectivity index (χ0) is 24.7. The molecule has 1 aromatic heterocycles. The third-order valence-electron chi connectivity index (χ3n) is 8.42. The SMILES string of the molecule is CC1(C)c2ccccc2-c2ccc(-c3ccc4c(c3)C(C)(C)c3cc(-c5ncccn5)ccc3-4)cc21. The molecule has 7 rings (SSSR count). The largest absolute Gasteiger partial charge is 0.237 e. The van der Waals surface area contributed by atoms with E-state index in [1.165, 1.54) is 55.6 Å². The highest BCUT2D eigenvalue weighted by molar-refractivity contribution is 5.87. The molecular weight excluding hydrogens is 436 g/mol. The van der Waals surface area contributed by atoms with Crippen molar-refractivity contribution in [2.75, 3.05) is 0 Å². The molecule has 0 atom stereocenters. The van der Waals surface area contributed by atoms with Crippen molar-refractivity contribution in [2.45, 2.75) is 38.5 Å². The van der Waals surface area contributed by atoms with Crippen molar-refractivity contribution in [3.05, 3.63) is 120 Å². The average Bonchev–Trinajstić information content (AvgIpc) is 3.28. The van der Waals surface area contributed by atoms with Gasteiger partial charge in [0.1, 0.15) is 0 Å². The minimum absolute atomic E-state index is 0.00405. The van der Waals surface area contributed by atoms with Crippen LogP contribution in [-0.2, 0) is 10.8 Å². The number of benzene rings is 4. The van der Waals surface area contributed by atoms with Crippen molar-refractivity contribution in [1.82, 2.24) is 9.97 Å². The molecule has 0 saturated heterocycles. The van der Waals surface area contributed by atoms with E-state index in [-0.39, 0.29) is 10.8 Å². The van der Waals surface area contributed by atoms with Crippen LogP contribution in [0.4, 0.5) is 0 Å². The summed E-state index contributed by atoms with van der Waals surface area (Å²) >= 11 is 0. The molecule has 36 heavy (non-hydrogen) atoms. The van der Waals surface area contributed by atoms with Crippen LogP contribution >= 0.6 is 0 Å². The van der Waals surface area contributed by atoms with Crippen LogP contribution < -0.4 is 0 Å². The fourth-order valence-corrected chi connectivity index (χ4v) is 6.39. The summed E-state index contributed by atoms with van der Waals surface area (Å²) in [7, 11) is 0. The zero-order valence-electron chi connectivity index (χ0n) is 21.1. The van der Waals surface area contributed by atoms with Crippen molar-refractivity contribution in [2.24, 2.45) is 0 Å². The first-order valence-electron chi connectivity index (χ1n) is 12.7. The Morgan fingerprint density at radius 2 is 0.889 bits per heavy atom. The van der Waals surface area contributed by atoms with Gasteiger partial charge in [-0.25, -0.2) is 9.97 Å². The zero-order valence-corrected chi connectivity index (χ0v) is 21.1. The molecule has 0 amide bonds. The molecule has 2 aliphatic rings. The average molecular weight is 465 g/mol. The van der Waals surface area contributed by atoms with Gasteiger partial charge in [-0.05, 0) is 79.9 Å². The van der Waals surface area contributed by atoms with Crippen molar-refractivity contribution in [3.63, 3.8) is 0 Å². The molecule has 0 radical (unpaired) electrons. The van der Waals surface area contributed by atoms with Gasteiger partial charge in [-0.2, -0.15) is 0 Å². The molecule has 4 aromatic carbocycles. The van der Waals surface area contributed by atoms with E-state index in [0.717, 1.165) is 11.4 Å². The molecule has 0 spiro atoms. The van der Waals surface area contributed by atoms with E-state index in [0.29, 0.717) is 0 Å². The lowest BCUT2D eigenvalue weighted by molar-refractivity contribution is 0.659. The van der Waals surface area contributed by atoms with Gasteiger partial charge in [-0.1, -0.05) is 88.4 Å². The van der Waals surface area contributed by atoms with Crippen LogP contribution in [0.2, 0.25) is 0 Å². The highest BCUT2D eigenvalue weighted by Crippen LogP contribution is 2.52.